The second-order valence-corrected chi connectivity index (χ2v) is 8.81. The minimum atomic E-state index is -0.224. The number of fused-ring (bicyclic) bond motifs is 3. The lowest BCUT2D eigenvalue weighted by atomic mass is 10.1. The summed E-state index contributed by atoms with van der Waals surface area (Å²) in [6, 6.07) is 18.7. The lowest BCUT2D eigenvalue weighted by Gasteiger charge is -2.29. The lowest BCUT2D eigenvalue weighted by Crippen LogP contribution is -2.33. The van der Waals surface area contributed by atoms with Gasteiger partial charge in [0.2, 0.25) is 11.2 Å². The number of hydrogen-bond acceptors (Lipinski definition) is 5. The molecule has 0 radical (unpaired) electrons. The highest BCUT2D eigenvalue weighted by molar-refractivity contribution is 9.10. The summed E-state index contributed by atoms with van der Waals surface area (Å²) in [4.78, 5) is 15.3. The van der Waals surface area contributed by atoms with E-state index in [1.54, 1.807) is 12.1 Å². The number of benzene rings is 3. The van der Waals surface area contributed by atoms with Crippen LogP contribution in [-0.2, 0) is 13.0 Å². The topological polar surface area (TPSA) is 51.9 Å². The Balaban J connectivity index is 1.41. The van der Waals surface area contributed by atoms with E-state index in [9.17, 15) is 4.79 Å². The third kappa shape index (κ3) is 4.13. The van der Waals surface area contributed by atoms with Crippen LogP contribution in [0.5, 0.6) is 17.2 Å². The molecule has 3 aromatic carbocycles. The summed E-state index contributed by atoms with van der Waals surface area (Å²) >= 11 is 9.72. The maximum absolute atomic E-state index is 13.1. The molecule has 2 heterocycles. The Labute approximate surface area is 198 Å². The largest absolute Gasteiger partial charge is 0.478 e. The number of halogens is 2. The number of para-hydroxylation sites is 1. The summed E-state index contributed by atoms with van der Waals surface area (Å²) in [6.07, 6.45) is 2.17. The van der Waals surface area contributed by atoms with Crippen LogP contribution in [0.25, 0.3) is 11.0 Å². The van der Waals surface area contributed by atoms with E-state index in [4.69, 9.17) is 25.5 Å². The van der Waals surface area contributed by atoms with Gasteiger partial charge in [-0.3, -0.25) is 9.69 Å². The molecule has 7 heteroatoms. The quantitative estimate of drug-likeness (QED) is 0.310. The van der Waals surface area contributed by atoms with Crippen molar-refractivity contribution in [2.75, 3.05) is 13.3 Å². The van der Waals surface area contributed by atoms with Crippen LogP contribution in [0.2, 0.25) is 5.02 Å². The van der Waals surface area contributed by atoms with Crippen molar-refractivity contribution in [1.29, 1.82) is 0 Å². The van der Waals surface area contributed by atoms with Gasteiger partial charge < -0.3 is 13.9 Å². The molecule has 0 fully saturated rings. The van der Waals surface area contributed by atoms with E-state index in [0.717, 1.165) is 39.3 Å². The average Bonchev–Trinajstić information content (AvgIpc) is 2.81. The van der Waals surface area contributed by atoms with Crippen molar-refractivity contribution in [2.45, 2.75) is 13.0 Å². The van der Waals surface area contributed by atoms with Crippen LogP contribution in [0.3, 0.4) is 0 Å². The van der Waals surface area contributed by atoms with Crippen LogP contribution in [0.1, 0.15) is 11.1 Å². The first-order chi connectivity index (χ1) is 15.6. The molecule has 0 saturated heterocycles. The van der Waals surface area contributed by atoms with Crippen molar-refractivity contribution in [2.24, 2.45) is 0 Å². The highest BCUT2D eigenvalue weighted by Gasteiger charge is 2.23. The number of rotatable bonds is 5. The van der Waals surface area contributed by atoms with Crippen molar-refractivity contribution in [3.8, 4) is 17.2 Å². The molecule has 162 valence electrons. The van der Waals surface area contributed by atoms with Gasteiger partial charge in [0.05, 0.1) is 15.4 Å². The minimum Gasteiger partial charge on any atom is -0.478 e. The van der Waals surface area contributed by atoms with Crippen LogP contribution in [-0.4, -0.2) is 18.2 Å². The fourth-order valence-electron chi connectivity index (χ4n) is 3.78. The molecule has 0 N–H and O–H groups in total. The van der Waals surface area contributed by atoms with Gasteiger partial charge in [-0.15, -0.1) is 0 Å². The first-order valence-electron chi connectivity index (χ1n) is 10.2. The second kappa shape index (κ2) is 8.98. The van der Waals surface area contributed by atoms with Crippen LogP contribution in [0.4, 0.5) is 0 Å². The molecule has 5 rings (SSSR count). The molecule has 0 aliphatic carbocycles. The Hall–Kier alpha value is -2.80. The maximum Gasteiger partial charge on any atom is 0.235 e. The van der Waals surface area contributed by atoms with Gasteiger partial charge in [0.25, 0.3) is 0 Å². The molecule has 0 unspecified atom stereocenters. The van der Waals surface area contributed by atoms with Gasteiger partial charge in [-0.05, 0) is 58.2 Å². The Bertz CT molecular complexity index is 1350. The Morgan fingerprint density at radius 1 is 1.03 bits per heavy atom. The Morgan fingerprint density at radius 2 is 1.84 bits per heavy atom. The fourth-order valence-corrected chi connectivity index (χ4v) is 4.37. The van der Waals surface area contributed by atoms with Gasteiger partial charge >= 0.3 is 0 Å². The smallest absolute Gasteiger partial charge is 0.235 e. The number of ether oxygens (including phenoxy) is 2. The molecule has 0 atom stereocenters. The summed E-state index contributed by atoms with van der Waals surface area (Å²) < 4.78 is 18.4. The predicted octanol–water partition coefficient (Wildman–Crippen LogP) is 6.40. The molecule has 1 aliphatic rings. The molecular weight excluding hydrogens is 494 g/mol. The molecule has 0 spiro atoms. The number of hydrogen-bond donors (Lipinski definition) is 0. The van der Waals surface area contributed by atoms with Gasteiger partial charge in [-0.25, -0.2) is 0 Å². The molecule has 0 bridgehead atoms. The van der Waals surface area contributed by atoms with E-state index in [1.807, 2.05) is 48.5 Å². The summed E-state index contributed by atoms with van der Waals surface area (Å²) in [6.45, 7) is 1.86. The zero-order valence-electron chi connectivity index (χ0n) is 17.0. The summed E-state index contributed by atoms with van der Waals surface area (Å²) in [7, 11) is 0. The van der Waals surface area contributed by atoms with Gasteiger partial charge in [-0.2, -0.15) is 0 Å². The molecule has 1 aliphatic heterocycles. The van der Waals surface area contributed by atoms with Crippen LogP contribution < -0.4 is 14.9 Å². The normalized spacial score (nSPS) is 13.6. The van der Waals surface area contributed by atoms with E-state index < -0.39 is 0 Å². The molecule has 0 saturated carbocycles. The van der Waals surface area contributed by atoms with Crippen molar-refractivity contribution >= 4 is 38.5 Å². The maximum atomic E-state index is 13.1. The third-order valence-electron chi connectivity index (χ3n) is 5.47. The SMILES string of the molecule is O=c1c(Oc2ccccc2Br)coc2c3c(ccc12)OCN(CCc1ccccc1Cl)C3. The second-order valence-electron chi connectivity index (χ2n) is 7.55. The monoisotopic (exact) mass is 511 g/mol. The van der Waals surface area contributed by atoms with Crippen LogP contribution >= 0.6 is 27.5 Å². The van der Waals surface area contributed by atoms with E-state index in [0.29, 0.717) is 30.0 Å². The minimum absolute atomic E-state index is 0.136. The fraction of sp³-hybridized carbons (Fsp3) is 0.160. The van der Waals surface area contributed by atoms with Crippen LogP contribution in [0.15, 0.2) is 80.6 Å². The first kappa shape index (κ1) is 21.1. The van der Waals surface area contributed by atoms with E-state index in [1.165, 1.54) is 6.26 Å². The van der Waals surface area contributed by atoms with Gasteiger partial charge in [0.15, 0.2) is 0 Å². The summed E-state index contributed by atoms with van der Waals surface area (Å²) in [5.41, 5.74) is 2.25. The number of nitrogens with zero attached hydrogens (tertiary/aromatic N) is 1. The van der Waals surface area contributed by atoms with Crippen LogP contribution in [0, 0.1) is 0 Å². The third-order valence-corrected chi connectivity index (χ3v) is 6.49. The Kier molecular flexibility index (Phi) is 5.91. The van der Waals surface area contributed by atoms with E-state index in [2.05, 4.69) is 20.8 Å². The highest BCUT2D eigenvalue weighted by atomic mass is 79.9. The molecule has 1 aromatic heterocycles. The molecule has 0 amide bonds. The van der Waals surface area contributed by atoms with Gasteiger partial charge in [0.1, 0.15) is 30.1 Å². The predicted molar refractivity (Wildman–Crippen MR) is 128 cm³/mol. The average molecular weight is 513 g/mol. The summed E-state index contributed by atoms with van der Waals surface area (Å²) in [5, 5.41) is 1.23. The first-order valence-corrected chi connectivity index (χ1v) is 11.4. The van der Waals surface area contributed by atoms with Crippen molar-refractivity contribution in [1.82, 2.24) is 4.90 Å². The zero-order chi connectivity index (χ0) is 22.1. The van der Waals surface area contributed by atoms with Gasteiger partial charge in [-0.1, -0.05) is 41.9 Å². The van der Waals surface area contributed by atoms with Gasteiger partial charge in [0, 0.05) is 18.1 Å². The standard InChI is InChI=1S/C25H19BrClNO4/c26-19-6-2-4-8-22(19)32-23-14-30-25-17(24(23)29)9-10-21-18(25)13-28(15-31-21)12-11-16-5-1-3-7-20(16)27/h1-10,14H,11-13,15H2. The highest BCUT2D eigenvalue weighted by Crippen LogP contribution is 2.34. The molecule has 4 aromatic rings. The zero-order valence-corrected chi connectivity index (χ0v) is 19.4. The molecular formula is C25H19BrClNO4. The van der Waals surface area contributed by atoms with Crippen molar-refractivity contribution in [3.05, 3.63) is 97.8 Å². The lowest BCUT2D eigenvalue weighted by molar-refractivity contribution is 0.0968. The molecule has 32 heavy (non-hydrogen) atoms. The van der Waals surface area contributed by atoms with Crippen molar-refractivity contribution < 1.29 is 13.9 Å². The Morgan fingerprint density at radius 3 is 2.69 bits per heavy atom. The van der Waals surface area contributed by atoms with Crippen molar-refractivity contribution in [3.63, 3.8) is 0 Å². The van der Waals surface area contributed by atoms with E-state index >= 15 is 0 Å². The molecule has 5 nitrogen and oxygen atoms in total. The van der Waals surface area contributed by atoms with E-state index in [-0.39, 0.29) is 11.2 Å². The summed E-state index contributed by atoms with van der Waals surface area (Å²) in [5.74, 6) is 1.41.